The molecule has 6 rings (SSSR count). The average molecular weight is 695 g/mol. The summed E-state index contributed by atoms with van der Waals surface area (Å²) in [6.45, 7) is 9.81. The largest absolute Gasteiger partial charge is 0.469 e. The number of nitrogens with one attached hydrogen (secondary N) is 2. The van der Waals surface area contributed by atoms with E-state index < -0.39 is 6.04 Å². The number of aliphatic imine (C=N–C) groups is 1. The third-order valence-corrected chi connectivity index (χ3v) is 12.0. The van der Waals surface area contributed by atoms with Gasteiger partial charge in [0.2, 0.25) is 5.91 Å². The standard InChI is InChI=1S/C41H50N4O4S/c1-6-26-7-11-28(12-8-26)29-15-17-30(18-16-29)32-22-42-37(43-23-32)31-13-9-27(10-14-31)21-34(39(47)45-24-33(25-45)40(48)49-5)44-38(46)35-19-20-36(50-35)41(2,3)4/h9-10,13-20,22,26,28,33-34H,6-8,11-12,21,23-25H2,1-5H3,(H,42,43)(H,44,46)/t26?,28?,34-/m0/s1. The SMILES string of the molecule is CCC1CCC(c2ccc(C3=CNC(c4ccc(C[C@H](NC(=O)c5ccc(C(C)(C)C)s5)C(=O)N5CC(C(=O)OC)C5)cc4)=NC3)cc2)CC1. The number of amidine groups is 1. The van der Waals surface area contributed by atoms with Crippen molar-refractivity contribution in [1.82, 2.24) is 15.5 Å². The fourth-order valence-electron chi connectivity index (χ4n) is 7.16. The number of esters is 1. The number of nitrogens with zero attached hydrogens (tertiary/aromatic N) is 2. The molecule has 3 aromatic rings. The number of rotatable bonds is 10. The molecule has 0 radical (unpaired) electrons. The third kappa shape index (κ3) is 8.20. The van der Waals surface area contributed by atoms with Crippen LogP contribution in [0.15, 0.2) is 71.9 Å². The summed E-state index contributed by atoms with van der Waals surface area (Å²) >= 11 is 1.44. The van der Waals surface area contributed by atoms with Gasteiger partial charge >= 0.3 is 5.97 Å². The maximum atomic E-state index is 13.6. The van der Waals surface area contributed by atoms with E-state index in [1.54, 1.807) is 4.90 Å². The Bertz CT molecular complexity index is 1740. The van der Waals surface area contributed by atoms with Gasteiger partial charge < -0.3 is 20.3 Å². The van der Waals surface area contributed by atoms with Gasteiger partial charge in [-0.05, 0) is 77.3 Å². The second-order valence-corrected chi connectivity index (χ2v) is 16.1. The average Bonchev–Trinajstić information content (AvgIpc) is 3.63. The Labute approximate surface area is 300 Å². The van der Waals surface area contributed by atoms with Crippen LogP contribution < -0.4 is 10.6 Å². The molecule has 3 heterocycles. The van der Waals surface area contributed by atoms with E-state index in [2.05, 4.69) is 62.6 Å². The summed E-state index contributed by atoms with van der Waals surface area (Å²) in [6, 6.07) is 20.0. The monoisotopic (exact) mass is 694 g/mol. The van der Waals surface area contributed by atoms with E-state index in [-0.39, 0.29) is 42.2 Å². The zero-order chi connectivity index (χ0) is 35.4. The number of thiophene rings is 1. The number of carbonyl (C=O) groups is 3. The lowest BCUT2D eigenvalue weighted by Gasteiger charge is -2.39. The van der Waals surface area contributed by atoms with Crippen LogP contribution >= 0.6 is 11.3 Å². The van der Waals surface area contributed by atoms with Crippen LogP contribution in [-0.4, -0.2) is 61.3 Å². The van der Waals surface area contributed by atoms with Crippen molar-refractivity contribution in [3.05, 3.63) is 98.9 Å². The lowest BCUT2D eigenvalue weighted by Crippen LogP contribution is -2.59. The molecule has 3 aliphatic rings. The zero-order valence-electron chi connectivity index (χ0n) is 30.0. The first-order chi connectivity index (χ1) is 24.0. The first-order valence-corrected chi connectivity index (χ1v) is 18.8. The number of ether oxygens (including phenoxy) is 1. The van der Waals surface area contributed by atoms with Crippen molar-refractivity contribution in [2.45, 2.75) is 83.6 Å². The van der Waals surface area contributed by atoms with Crippen molar-refractivity contribution in [1.29, 1.82) is 0 Å². The van der Waals surface area contributed by atoms with Crippen molar-refractivity contribution in [3.8, 4) is 0 Å². The summed E-state index contributed by atoms with van der Waals surface area (Å²) in [4.78, 5) is 47.1. The summed E-state index contributed by atoms with van der Waals surface area (Å²) in [5.74, 6) is 1.24. The molecule has 9 heteroatoms. The zero-order valence-corrected chi connectivity index (χ0v) is 30.8. The first-order valence-electron chi connectivity index (χ1n) is 18.0. The Kier molecular flexibility index (Phi) is 10.9. The highest BCUT2D eigenvalue weighted by Crippen LogP contribution is 2.37. The number of methoxy groups -OCH3 is 1. The molecule has 1 aliphatic carbocycles. The highest BCUT2D eigenvalue weighted by Gasteiger charge is 2.39. The highest BCUT2D eigenvalue weighted by molar-refractivity contribution is 7.14. The normalized spacial score (nSPS) is 20.1. The number of amides is 2. The van der Waals surface area contributed by atoms with Gasteiger partial charge in [0.1, 0.15) is 11.9 Å². The van der Waals surface area contributed by atoms with E-state index >= 15 is 0 Å². The van der Waals surface area contributed by atoms with Crippen LogP contribution in [0.4, 0.5) is 0 Å². The molecule has 2 aliphatic heterocycles. The van der Waals surface area contributed by atoms with Gasteiger partial charge in [-0.1, -0.05) is 82.6 Å². The molecule has 1 saturated carbocycles. The van der Waals surface area contributed by atoms with Crippen LogP contribution in [-0.2, 0) is 26.2 Å². The van der Waals surface area contributed by atoms with Gasteiger partial charge in [0.25, 0.3) is 5.91 Å². The number of hydrogen-bond donors (Lipinski definition) is 2. The fourth-order valence-corrected chi connectivity index (χ4v) is 8.12. The van der Waals surface area contributed by atoms with Crippen molar-refractivity contribution >= 4 is 40.5 Å². The van der Waals surface area contributed by atoms with Gasteiger partial charge in [0, 0.05) is 36.2 Å². The Morgan fingerprint density at radius 2 is 1.64 bits per heavy atom. The Hall–Kier alpha value is -4.24. The molecular weight excluding hydrogens is 645 g/mol. The number of carbonyl (C=O) groups excluding carboxylic acids is 3. The van der Waals surface area contributed by atoms with Crippen LogP contribution in [0, 0.1) is 11.8 Å². The molecule has 1 aromatic heterocycles. The van der Waals surface area contributed by atoms with Crippen LogP contribution in [0.3, 0.4) is 0 Å². The van der Waals surface area contributed by atoms with Crippen LogP contribution in [0.1, 0.15) is 103 Å². The van der Waals surface area contributed by atoms with E-state index in [0.29, 0.717) is 23.8 Å². The summed E-state index contributed by atoms with van der Waals surface area (Å²) in [7, 11) is 1.35. The minimum atomic E-state index is -0.777. The van der Waals surface area contributed by atoms with E-state index in [4.69, 9.17) is 9.73 Å². The van der Waals surface area contributed by atoms with E-state index in [1.165, 1.54) is 61.7 Å². The van der Waals surface area contributed by atoms with Crippen molar-refractivity contribution in [2.24, 2.45) is 16.8 Å². The second-order valence-electron chi connectivity index (χ2n) is 15.0. The van der Waals surface area contributed by atoms with Crippen LogP contribution in [0.2, 0.25) is 0 Å². The number of hydrogen-bond acceptors (Lipinski definition) is 7. The van der Waals surface area contributed by atoms with E-state index in [1.807, 2.05) is 42.6 Å². The molecule has 0 spiro atoms. The van der Waals surface area contributed by atoms with Gasteiger partial charge in [-0.3, -0.25) is 19.4 Å². The third-order valence-electron chi connectivity index (χ3n) is 10.5. The molecule has 264 valence electrons. The minimum Gasteiger partial charge on any atom is -0.469 e. The van der Waals surface area contributed by atoms with Crippen molar-refractivity contribution in [2.75, 3.05) is 26.7 Å². The van der Waals surface area contributed by atoms with Gasteiger partial charge in [0.15, 0.2) is 0 Å². The maximum Gasteiger partial charge on any atom is 0.312 e. The van der Waals surface area contributed by atoms with Crippen LogP contribution in [0.5, 0.6) is 0 Å². The summed E-state index contributed by atoms with van der Waals surface area (Å²) in [5.41, 5.74) is 5.59. The number of likely N-dealkylation sites (tertiary alicyclic amines) is 1. The Morgan fingerprint density at radius 1 is 0.960 bits per heavy atom. The molecule has 2 fully saturated rings. The smallest absolute Gasteiger partial charge is 0.312 e. The Balaban J connectivity index is 1.08. The summed E-state index contributed by atoms with van der Waals surface area (Å²) in [5, 5.41) is 6.39. The molecule has 1 saturated heterocycles. The second kappa shape index (κ2) is 15.3. The fraction of sp³-hybridized carbons (Fsp3) is 0.463. The van der Waals surface area contributed by atoms with Crippen LogP contribution in [0.25, 0.3) is 5.57 Å². The van der Waals surface area contributed by atoms with Gasteiger partial charge in [0.05, 0.1) is 24.4 Å². The molecule has 2 aromatic carbocycles. The topological polar surface area (TPSA) is 100 Å². The molecule has 0 bridgehead atoms. The van der Waals surface area contributed by atoms with Gasteiger partial charge in [-0.15, -0.1) is 11.3 Å². The molecular formula is C41H50N4O4S. The highest BCUT2D eigenvalue weighted by atomic mass is 32.1. The maximum absolute atomic E-state index is 13.6. The molecule has 2 N–H and O–H groups in total. The lowest BCUT2D eigenvalue weighted by atomic mass is 9.77. The molecule has 1 atom stereocenters. The van der Waals surface area contributed by atoms with Crippen molar-refractivity contribution < 1.29 is 19.1 Å². The molecule has 2 amide bonds. The summed E-state index contributed by atoms with van der Waals surface area (Å²) < 4.78 is 4.85. The molecule has 0 unspecified atom stereocenters. The van der Waals surface area contributed by atoms with Gasteiger partial charge in [-0.25, -0.2) is 0 Å². The predicted molar refractivity (Wildman–Crippen MR) is 200 cm³/mol. The molecule has 50 heavy (non-hydrogen) atoms. The van der Waals surface area contributed by atoms with Gasteiger partial charge in [-0.2, -0.15) is 0 Å². The van der Waals surface area contributed by atoms with E-state index in [0.717, 1.165) is 33.3 Å². The quantitative estimate of drug-likeness (QED) is 0.221. The number of benzene rings is 2. The van der Waals surface area contributed by atoms with Crippen molar-refractivity contribution in [3.63, 3.8) is 0 Å². The first kappa shape index (κ1) is 35.6. The summed E-state index contributed by atoms with van der Waals surface area (Å²) in [6.07, 6.45) is 8.95. The predicted octanol–water partition coefficient (Wildman–Crippen LogP) is 7.09. The van der Waals surface area contributed by atoms with E-state index in [9.17, 15) is 14.4 Å². The lowest BCUT2D eigenvalue weighted by molar-refractivity contribution is -0.156. The Morgan fingerprint density at radius 3 is 2.22 bits per heavy atom. The molecule has 8 nitrogen and oxygen atoms in total. The minimum absolute atomic E-state index is 0.0753.